The zero-order valence-corrected chi connectivity index (χ0v) is 12.6. The molecule has 21 heavy (non-hydrogen) atoms. The second-order valence-electron chi connectivity index (χ2n) is 4.78. The highest BCUT2D eigenvalue weighted by Crippen LogP contribution is 2.43. The van der Waals surface area contributed by atoms with Gasteiger partial charge < -0.3 is 16.2 Å². The zero-order chi connectivity index (χ0) is 15.0. The lowest BCUT2D eigenvalue weighted by Crippen LogP contribution is -2.21. The molecule has 104 valence electrons. The summed E-state index contributed by atoms with van der Waals surface area (Å²) in [6, 6.07) is 15.4. The monoisotopic (exact) mass is 341 g/mol. The van der Waals surface area contributed by atoms with Crippen molar-refractivity contribution < 1.29 is 4.74 Å². The Bertz CT molecular complexity index is 792. The average Bonchev–Trinajstić information content (AvgIpc) is 2.45. The number of hydrogen-bond donors (Lipinski definition) is 2. The quantitative estimate of drug-likeness (QED) is 0.779. The van der Waals surface area contributed by atoms with Crippen molar-refractivity contribution in [3.8, 4) is 11.8 Å². The van der Waals surface area contributed by atoms with E-state index in [0.717, 1.165) is 15.6 Å². The Kier molecular flexibility index (Phi) is 3.32. The first-order chi connectivity index (χ1) is 10.1. The summed E-state index contributed by atoms with van der Waals surface area (Å²) in [5.41, 5.74) is 14.5. The van der Waals surface area contributed by atoms with Gasteiger partial charge in [0, 0.05) is 21.8 Å². The third-order valence-electron chi connectivity index (χ3n) is 3.43. The SMILES string of the molecule is N#CC1=C(N)Oc2cc(N)ccc2[C@H]1c1cccc(Br)c1. The molecular weight excluding hydrogens is 330 g/mol. The maximum absolute atomic E-state index is 9.44. The van der Waals surface area contributed by atoms with Crippen LogP contribution in [0, 0.1) is 11.3 Å². The number of nitrogens with two attached hydrogens (primary N) is 2. The summed E-state index contributed by atoms with van der Waals surface area (Å²) in [4.78, 5) is 0. The molecule has 0 saturated heterocycles. The third kappa shape index (κ3) is 2.34. The Labute approximate surface area is 130 Å². The normalized spacial score (nSPS) is 16.9. The largest absolute Gasteiger partial charge is 0.440 e. The zero-order valence-electron chi connectivity index (χ0n) is 11.0. The molecule has 4 nitrogen and oxygen atoms in total. The Hall–Kier alpha value is -2.45. The van der Waals surface area contributed by atoms with Crippen molar-refractivity contribution in [2.24, 2.45) is 5.73 Å². The fraction of sp³-hybridized carbons (Fsp3) is 0.0625. The van der Waals surface area contributed by atoms with Crippen LogP contribution in [0.5, 0.6) is 5.75 Å². The molecule has 0 aromatic heterocycles. The van der Waals surface area contributed by atoms with E-state index >= 15 is 0 Å². The molecule has 0 amide bonds. The standard InChI is InChI=1S/C16H12BrN3O/c17-10-3-1-2-9(6-10)15-12-5-4-11(19)7-14(12)21-16(20)13(15)8-18/h1-7,15H,19-20H2/t15-/m1/s1. The van der Waals surface area contributed by atoms with Crippen LogP contribution in [-0.2, 0) is 0 Å². The number of nitrogens with zero attached hydrogens (tertiary/aromatic N) is 1. The minimum Gasteiger partial charge on any atom is -0.440 e. The van der Waals surface area contributed by atoms with E-state index in [9.17, 15) is 5.26 Å². The number of allylic oxidation sites excluding steroid dienone is 1. The average molecular weight is 342 g/mol. The first-order valence-electron chi connectivity index (χ1n) is 6.32. The number of nitrogen functional groups attached to an aromatic ring is 1. The molecule has 3 rings (SSSR count). The number of halogens is 1. The van der Waals surface area contributed by atoms with Gasteiger partial charge in [-0.25, -0.2) is 0 Å². The number of hydrogen-bond acceptors (Lipinski definition) is 4. The molecule has 1 aliphatic heterocycles. The molecule has 0 bridgehead atoms. The molecule has 1 atom stereocenters. The highest BCUT2D eigenvalue weighted by molar-refractivity contribution is 9.10. The molecule has 1 heterocycles. The van der Waals surface area contributed by atoms with Crippen molar-refractivity contribution in [2.45, 2.75) is 5.92 Å². The fourth-order valence-corrected chi connectivity index (χ4v) is 2.92. The van der Waals surface area contributed by atoms with Gasteiger partial charge in [-0.2, -0.15) is 5.26 Å². The summed E-state index contributed by atoms with van der Waals surface area (Å²) in [5.74, 6) is 0.467. The molecule has 0 unspecified atom stereocenters. The van der Waals surface area contributed by atoms with Crippen molar-refractivity contribution >= 4 is 21.6 Å². The maximum Gasteiger partial charge on any atom is 0.205 e. The van der Waals surface area contributed by atoms with E-state index in [2.05, 4.69) is 22.0 Å². The Morgan fingerprint density at radius 2 is 1.95 bits per heavy atom. The van der Waals surface area contributed by atoms with Gasteiger partial charge in [0.25, 0.3) is 0 Å². The molecular formula is C16H12BrN3O. The van der Waals surface area contributed by atoms with Gasteiger partial charge in [-0.1, -0.05) is 34.1 Å². The van der Waals surface area contributed by atoms with Crippen LogP contribution < -0.4 is 16.2 Å². The lowest BCUT2D eigenvalue weighted by atomic mass is 9.83. The van der Waals surface area contributed by atoms with Crippen LogP contribution in [-0.4, -0.2) is 0 Å². The first kappa shape index (κ1) is 13.5. The molecule has 2 aromatic rings. The van der Waals surface area contributed by atoms with Crippen LogP contribution in [0.15, 0.2) is 58.4 Å². The van der Waals surface area contributed by atoms with E-state index in [1.807, 2.05) is 30.3 Å². The first-order valence-corrected chi connectivity index (χ1v) is 7.12. The molecule has 0 spiro atoms. The predicted octanol–water partition coefficient (Wildman–Crippen LogP) is 3.25. The summed E-state index contributed by atoms with van der Waals surface area (Å²) in [5, 5.41) is 9.44. The van der Waals surface area contributed by atoms with Crippen LogP contribution in [0.25, 0.3) is 0 Å². The molecule has 5 heteroatoms. The van der Waals surface area contributed by atoms with E-state index in [-0.39, 0.29) is 11.8 Å². The van der Waals surface area contributed by atoms with Gasteiger partial charge in [-0.15, -0.1) is 0 Å². The summed E-state index contributed by atoms with van der Waals surface area (Å²) >= 11 is 3.46. The number of fused-ring (bicyclic) bond motifs is 1. The highest BCUT2D eigenvalue weighted by Gasteiger charge is 2.30. The third-order valence-corrected chi connectivity index (χ3v) is 3.92. The summed E-state index contributed by atoms with van der Waals surface area (Å²) < 4.78 is 6.49. The smallest absolute Gasteiger partial charge is 0.205 e. The van der Waals surface area contributed by atoms with Crippen molar-refractivity contribution in [3.05, 3.63) is 69.5 Å². The van der Waals surface area contributed by atoms with E-state index in [1.54, 1.807) is 12.1 Å². The molecule has 0 saturated carbocycles. The molecule has 0 radical (unpaired) electrons. The topological polar surface area (TPSA) is 85.1 Å². The second-order valence-corrected chi connectivity index (χ2v) is 5.69. The summed E-state index contributed by atoms with van der Waals surface area (Å²) in [6.45, 7) is 0. The van der Waals surface area contributed by atoms with Crippen molar-refractivity contribution in [1.82, 2.24) is 0 Å². The van der Waals surface area contributed by atoms with Gasteiger partial charge >= 0.3 is 0 Å². The Morgan fingerprint density at radius 1 is 1.14 bits per heavy atom. The molecule has 2 aromatic carbocycles. The predicted molar refractivity (Wildman–Crippen MR) is 84.3 cm³/mol. The highest BCUT2D eigenvalue weighted by atomic mass is 79.9. The van der Waals surface area contributed by atoms with Crippen molar-refractivity contribution in [3.63, 3.8) is 0 Å². The molecule has 0 fully saturated rings. The summed E-state index contributed by atoms with van der Waals surface area (Å²) in [6.07, 6.45) is 0. The number of rotatable bonds is 1. The number of ether oxygens (including phenoxy) is 1. The Morgan fingerprint density at radius 3 is 2.67 bits per heavy atom. The minimum absolute atomic E-state index is 0.126. The van der Waals surface area contributed by atoms with Gasteiger partial charge in [0.1, 0.15) is 17.4 Å². The molecule has 4 N–H and O–H groups in total. The van der Waals surface area contributed by atoms with Crippen molar-refractivity contribution in [2.75, 3.05) is 5.73 Å². The van der Waals surface area contributed by atoms with Crippen molar-refractivity contribution in [1.29, 1.82) is 5.26 Å². The van der Waals surface area contributed by atoms with Crippen LogP contribution in [0.3, 0.4) is 0 Å². The number of nitriles is 1. The summed E-state index contributed by atoms with van der Waals surface area (Å²) in [7, 11) is 0. The maximum atomic E-state index is 9.44. The second kappa shape index (κ2) is 5.15. The van der Waals surface area contributed by atoms with Gasteiger partial charge in [0.05, 0.1) is 5.92 Å². The van der Waals surface area contributed by atoms with Crippen LogP contribution in [0.2, 0.25) is 0 Å². The molecule has 0 aliphatic carbocycles. The van der Waals surface area contributed by atoms with Crippen LogP contribution >= 0.6 is 15.9 Å². The van der Waals surface area contributed by atoms with E-state index in [0.29, 0.717) is 17.0 Å². The number of benzene rings is 2. The van der Waals surface area contributed by atoms with Gasteiger partial charge in [0.15, 0.2) is 0 Å². The van der Waals surface area contributed by atoms with E-state index in [1.165, 1.54) is 0 Å². The molecule has 1 aliphatic rings. The Balaban J connectivity index is 2.24. The van der Waals surface area contributed by atoms with E-state index < -0.39 is 0 Å². The van der Waals surface area contributed by atoms with Gasteiger partial charge in [-0.05, 0) is 23.8 Å². The van der Waals surface area contributed by atoms with Gasteiger partial charge in [-0.3, -0.25) is 0 Å². The fourth-order valence-electron chi connectivity index (χ4n) is 2.50. The van der Waals surface area contributed by atoms with Gasteiger partial charge in [0.2, 0.25) is 5.88 Å². The van der Waals surface area contributed by atoms with Crippen LogP contribution in [0.1, 0.15) is 17.0 Å². The lowest BCUT2D eigenvalue weighted by Gasteiger charge is -2.26. The minimum atomic E-state index is -0.253. The van der Waals surface area contributed by atoms with E-state index in [4.69, 9.17) is 16.2 Å². The van der Waals surface area contributed by atoms with Crippen LogP contribution in [0.4, 0.5) is 5.69 Å². The lowest BCUT2D eigenvalue weighted by molar-refractivity contribution is 0.394. The number of anilines is 1.